The minimum absolute atomic E-state index is 0.242. The summed E-state index contributed by atoms with van der Waals surface area (Å²) in [4.78, 5) is 54.9. The molecule has 4 amide bonds. The summed E-state index contributed by atoms with van der Waals surface area (Å²) >= 11 is 0. The first kappa shape index (κ1) is 35.3. The fourth-order valence-corrected chi connectivity index (χ4v) is 4.91. The molecule has 0 spiro atoms. The highest BCUT2D eigenvalue weighted by atomic mass is 16.6. The molecule has 9 nitrogen and oxygen atoms in total. The van der Waals surface area contributed by atoms with Crippen LogP contribution in [0, 0.1) is 27.7 Å². The van der Waals surface area contributed by atoms with Gasteiger partial charge in [0.25, 0.3) is 5.91 Å². The first-order valence-corrected chi connectivity index (χ1v) is 15.2. The van der Waals surface area contributed by atoms with Gasteiger partial charge in [0, 0.05) is 12.2 Å². The van der Waals surface area contributed by atoms with Crippen molar-refractivity contribution in [2.24, 2.45) is 5.73 Å². The molecule has 0 aliphatic rings. The van der Waals surface area contributed by atoms with E-state index < -0.39 is 47.9 Å². The van der Waals surface area contributed by atoms with Gasteiger partial charge in [-0.05, 0) is 82.7 Å². The van der Waals surface area contributed by atoms with Gasteiger partial charge in [-0.25, -0.2) is 4.79 Å². The van der Waals surface area contributed by atoms with Crippen molar-refractivity contribution in [3.05, 3.63) is 64.2 Å². The Morgan fingerprint density at radius 3 is 2.07 bits per heavy atom. The maximum absolute atomic E-state index is 14.3. The number of hydrogen-bond acceptors (Lipinski definition) is 5. The number of benzene rings is 2. The van der Waals surface area contributed by atoms with Gasteiger partial charge in [-0.15, -0.1) is 0 Å². The van der Waals surface area contributed by atoms with E-state index in [4.69, 9.17) is 10.5 Å². The number of carbonyl (C=O) groups excluding carboxylic acids is 4. The highest BCUT2D eigenvalue weighted by Crippen LogP contribution is 2.29. The normalized spacial score (nSPS) is 12.7. The lowest BCUT2D eigenvalue weighted by atomic mass is 9.97. The molecule has 2 unspecified atom stereocenters. The standard InChI is InChI=1S/C34H50N4O5/c1-9-10-11-12-13-19-38(32(41)27(21-28(35)39)36-33(42)43-34(6,7)8)30(26-18-17-22(2)25(5)20-26)31(40)37-29-23(3)15-14-16-24(29)4/h14-18,20,27,30H,9-13,19,21H2,1-8H3,(H2,35,39)(H,36,42)(H,37,40). The molecule has 2 aromatic rings. The Morgan fingerprint density at radius 2 is 1.51 bits per heavy atom. The van der Waals surface area contributed by atoms with Crippen molar-refractivity contribution in [3.8, 4) is 0 Å². The van der Waals surface area contributed by atoms with Gasteiger partial charge in [0.05, 0.1) is 6.42 Å². The predicted molar refractivity (Wildman–Crippen MR) is 171 cm³/mol. The topological polar surface area (TPSA) is 131 Å². The molecule has 0 bridgehead atoms. The second kappa shape index (κ2) is 16.1. The fraction of sp³-hybridized carbons (Fsp3) is 0.529. The zero-order chi connectivity index (χ0) is 32.3. The molecule has 2 rings (SSSR count). The summed E-state index contributed by atoms with van der Waals surface area (Å²) in [6, 6.07) is 9.08. The van der Waals surface area contributed by atoms with Crippen molar-refractivity contribution < 1.29 is 23.9 Å². The van der Waals surface area contributed by atoms with E-state index in [1.807, 2.05) is 64.1 Å². The molecule has 2 atom stereocenters. The molecule has 0 aromatic heterocycles. The number of nitrogens with zero attached hydrogens (tertiary/aromatic N) is 1. The van der Waals surface area contributed by atoms with Crippen LogP contribution in [0.15, 0.2) is 36.4 Å². The minimum atomic E-state index is -1.31. The molecular weight excluding hydrogens is 544 g/mol. The van der Waals surface area contributed by atoms with E-state index >= 15 is 0 Å². The van der Waals surface area contributed by atoms with E-state index in [2.05, 4.69) is 17.6 Å². The van der Waals surface area contributed by atoms with Gasteiger partial charge in [-0.2, -0.15) is 0 Å². The monoisotopic (exact) mass is 594 g/mol. The van der Waals surface area contributed by atoms with Crippen LogP contribution in [-0.2, 0) is 19.1 Å². The highest BCUT2D eigenvalue weighted by molar-refractivity contribution is 6.00. The summed E-state index contributed by atoms with van der Waals surface area (Å²) in [5.74, 6) is -1.74. The Balaban J connectivity index is 2.62. The Labute approximate surface area is 256 Å². The molecule has 236 valence electrons. The van der Waals surface area contributed by atoms with Gasteiger partial charge in [0.15, 0.2) is 0 Å². The van der Waals surface area contributed by atoms with E-state index in [-0.39, 0.29) is 6.54 Å². The van der Waals surface area contributed by atoms with E-state index in [1.54, 1.807) is 20.8 Å². The van der Waals surface area contributed by atoms with Crippen LogP contribution in [0.25, 0.3) is 0 Å². The Bertz CT molecular complexity index is 1260. The van der Waals surface area contributed by atoms with Crippen molar-refractivity contribution in [2.45, 2.75) is 112 Å². The number of hydrogen-bond donors (Lipinski definition) is 3. The number of carbonyl (C=O) groups is 4. The lowest BCUT2D eigenvalue weighted by Gasteiger charge is -2.35. The summed E-state index contributed by atoms with van der Waals surface area (Å²) in [5.41, 5.74) is 9.81. The van der Waals surface area contributed by atoms with Gasteiger partial charge in [0.1, 0.15) is 17.7 Å². The quantitative estimate of drug-likeness (QED) is 0.225. The maximum atomic E-state index is 14.3. The van der Waals surface area contributed by atoms with Crippen molar-refractivity contribution in [2.75, 3.05) is 11.9 Å². The third kappa shape index (κ3) is 11.0. The summed E-state index contributed by atoms with van der Waals surface area (Å²) in [6.45, 7) is 15.2. The number of nitrogens with one attached hydrogen (secondary N) is 2. The molecule has 0 saturated carbocycles. The largest absolute Gasteiger partial charge is 0.444 e. The molecule has 0 aliphatic heterocycles. The van der Waals surface area contributed by atoms with Crippen LogP contribution in [0.1, 0.15) is 100 Å². The fourth-order valence-electron chi connectivity index (χ4n) is 4.91. The molecule has 0 radical (unpaired) electrons. The summed E-state index contributed by atoms with van der Waals surface area (Å²) in [7, 11) is 0. The van der Waals surface area contributed by atoms with Crippen LogP contribution in [0.4, 0.5) is 10.5 Å². The van der Waals surface area contributed by atoms with E-state index in [1.165, 1.54) is 4.90 Å². The zero-order valence-electron chi connectivity index (χ0n) is 27.1. The van der Waals surface area contributed by atoms with Crippen molar-refractivity contribution in [1.82, 2.24) is 10.2 Å². The van der Waals surface area contributed by atoms with Gasteiger partial charge in [-0.3, -0.25) is 14.4 Å². The molecule has 0 fully saturated rings. The van der Waals surface area contributed by atoms with Gasteiger partial charge >= 0.3 is 6.09 Å². The van der Waals surface area contributed by atoms with Crippen LogP contribution >= 0.6 is 0 Å². The Kier molecular flexibility index (Phi) is 13.2. The lowest BCUT2D eigenvalue weighted by molar-refractivity contribution is -0.142. The Morgan fingerprint density at radius 1 is 0.884 bits per heavy atom. The van der Waals surface area contributed by atoms with Crippen molar-refractivity contribution in [3.63, 3.8) is 0 Å². The van der Waals surface area contributed by atoms with E-state index in [0.29, 0.717) is 17.7 Å². The second-order valence-electron chi connectivity index (χ2n) is 12.3. The third-order valence-electron chi connectivity index (χ3n) is 7.32. The molecule has 4 N–H and O–H groups in total. The van der Waals surface area contributed by atoms with Crippen LogP contribution < -0.4 is 16.4 Å². The molecule has 2 aromatic carbocycles. The summed E-state index contributed by atoms with van der Waals surface area (Å²) in [5, 5.41) is 5.62. The van der Waals surface area contributed by atoms with Crippen LogP contribution in [0.2, 0.25) is 0 Å². The molecule has 0 heterocycles. The molecule has 0 aliphatic carbocycles. The average molecular weight is 595 g/mol. The highest BCUT2D eigenvalue weighted by Gasteiger charge is 2.37. The third-order valence-corrected chi connectivity index (χ3v) is 7.32. The Hall–Kier alpha value is -3.88. The SMILES string of the molecule is CCCCCCCN(C(=O)C(CC(N)=O)NC(=O)OC(C)(C)C)C(C(=O)Nc1c(C)cccc1C)c1ccc(C)c(C)c1. The van der Waals surface area contributed by atoms with Crippen molar-refractivity contribution >= 4 is 29.5 Å². The van der Waals surface area contributed by atoms with Crippen LogP contribution in [0.3, 0.4) is 0 Å². The molecule has 9 heteroatoms. The number of amides is 4. The maximum Gasteiger partial charge on any atom is 0.408 e. The van der Waals surface area contributed by atoms with Gasteiger partial charge in [-0.1, -0.05) is 69.0 Å². The number of unbranched alkanes of at least 4 members (excludes halogenated alkanes) is 4. The number of rotatable bonds is 14. The first-order chi connectivity index (χ1) is 20.1. The van der Waals surface area contributed by atoms with Crippen molar-refractivity contribution in [1.29, 1.82) is 0 Å². The smallest absolute Gasteiger partial charge is 0.408 e. The molecule has 0 saturated heterocycles. The minimum Gasteiger partial charge on any atom is -0.444 e. The summed E-state index contributed by atoms with van der Waals surface area (Å²) in [6.07, 6.45) is 3.32. The van der Waals surface area contributed by atoms with E-state index in [9.17, 15) is 19.2 Å². The van der Waals surface area contributed by atoms with E-state index in [0.717, 1.165) is 47.9 Å². The second-order valence-corrected chi connectivity index (χ2v) is 12.3. The molecule has 43 heavy (non-hydrogen) atoms. The zero-order valence-corrected chi connectivity index (χ0v) is 27.1. The predicted octanol–water partition coefficient (Wildman–Crippen LogP) is 6.17. The number of alkyl carbamates (subject to hydrolysis) is 1. The number of primary amides is 1. The number of ether oxygens (including phenoxy) is 1. The van der Waals surface area contributed by atoms with Crippen LogP contribution in [-0.4, -0.2) is 46.9 Å². The number of anilines is 1. The lowest BCUT2D eigenvalue weighted by Crippen LogP contribution is -2.53. The number of para-hydroxylation sites is 1. The summed E-state index contributed by atoms with van der Waals surface area (Å²) < 4.78 is 5.38. The number of aryl methyl sites for hydroxylation is 4. The molecular formula is C34H50N4O5. The van der Waals surface area contributed by atoms with Gasteiger partial charge < -0.3 is 26.0 Å². The first-order valence-electron chi connectivity index (χ1n) is 15.2. The average Bonchev–Trinajstić information content (AvgIpc) is 2.89. The van der Waals surface area contributed by atoms with Crippen LogP contribution in [0.5, 0.6) is 0 Å². The number of nitrogens with two attached hydrogens (primary N) is 1. The van der Waals surface area contributed by atoms with Gasteiger partial charge in [0.2, 0.25) is 11.8 Å².